The van der Waals surface area contributed by atoms with E-state index >= 15 is 0 Å². The molecule has 1 aromatic heterocycles. The highest BCUT2D eigenvalue weighted by molar-refractivity contribution is 6.06. The molecule has 1 heterocycles. The summed E-state index contributed by atoms with van der Waals surface area (Å²) in [5, 5.41) is 7.24. The van der Waals surface area contributed by atoms with Gasteiger partial charge in [0.1, 0.15) is 11.2 Å². The highest BCUT2D eigenvalue weighted by Gasteiger charge is 2.16. The van der Waals surface area contributed by atoms with Gasteiger partial charge in [-0.3, -0.25) is 0 Å². The van der Waals surface area contributed by atoms with Gasteiger partial charge in [0.05, 0.1) is 0 Å². The highest BCUT2D eigenvalue weighted by atomic mass is 16.3. The Morgan fingerprint density at radius 3 is 1.40 bits per heavy atom. The molecule has 2 nitrogen and oxygen atoms in total. The van der Waals surface area contributed by atoms with Crippen molar-refractivity contribution in [1.29, 1.82) is 0 Å². The molecule has 0 saturated heterocycles. The van der Waals surface area contributed by atoms with E-state index in [1.165, 1.54) is 43.8 Å². The van der Waals surface area contributed by atoms with Crippen LogP contribution in [-0.2, 0) is 0 Å². The van der Waals surface area contributed by atoms with E-state index in [0.717, 1.165) is 50.1 Å². The summed E-state index contributed by atoms with van der Waals surface area (Å²) in [4.78, 5) is 2.37. The Kier molecular flexibility index (Phi) is 7.18. The minimum Gasteiger partial charge on any atom is -0.456 e. The predicted octanol–water partition coefficient (Wildman–Crippen LogP) is 14.4. The first-order chi connectivity index (χ1) is 25.7. The minimum atomic E-state index is 0.903. The van der Waals surface area contributed by atoms with Gasteiger partial charge in [-0.1, -0.05) is 133 Å². The number of furan rings is 1. The lowest BCUT2D eigenvalue weighted by atomic mass is 9.99. The van der Waals surface area contributed by atoms with Crippen molar-refractivity contribution in [1.82, 2.24) is 0 Å². The monoisotopic (exact) mass is 663 g/mol. The van der Waals surface area contributed by atoms with Gasteiger partial charge in [0.2, 0.25) is 0 Å². The maximum Gasteiger partial charge on any atom is 0.135 e. The third-order valence-corrected chi connectivity index (χ3v) is 10.2. The predicted molar refractivity (Wildman–Crippen MR) is 220 cm³/mol. The van der Waals surface area contributed by atoms with Crippen molar-refractivity contribution in [2.45, 2.75) is 0 Å². The Morgan fingerprint density at radius 1 is 0.269 bits per heavy atom. The van der Waals surface area contributed by atoms with E-state index in [0.29, 0.717) is 0 Å². The fourth-order valence-electron chi connectivity index (χ4n) is 7.54. The van der Waals surface area contributed by atoms with Crippen molar-refractivity contribution in [3.8, 4) is 33.4 Å². The van der Waals surface area contributed by atoms with Gasteiger partial charge in [-0.25, -0.2) is 0 Å². The van der Waals surface area contributed by atoms with E-state index in [1.807, 2.05) is 12.1 Å². The number of benzene rings is 9. The SMILES string of the molecule is c1cc(-c2ccc3ccccc3c2)cc(N(c2ccc(-c3ccc4ccccc4c3)cc2)c2cccc(-c3ccc4oc5ccccc5c4c3)c2)c1. The van der Waals surface area contributed by atoms with Crippen LogP contribution in [0.15, 0.2) is 205 Å². The van der Waals surface area contributed by atoms with Crippen molar-refractivity contribution in [2.24, 2.45) is 0 Å². The number of rotatable bonds is 6. The Labute approximate surface area is 302 Å². The van der Waals surface area contributed by atoms with Gasteiger partial charge >= 0.3 is 0 Å². The van der Waals surface area contributed by atoms with Gasteiger partial charge < -0.3 is 9.32 Å². The first-order valence-electron chi connectivity index (χ1n) is 17.7. The molecule has 10 rings (SSSR count). The summed E-state index contributed by atoms with van der Waals surface area (Å²) >= 11 is 0. The molecule has 52 heavy (non-hydrogen) atoms. The topological polar surface area (TPSA) is 16.4 Å². The average molecular weight is 664 g/mol. The lowest BCUT2D eigenvalue weighted by Gasteiger charge is -2.27. The second-order valence-electron chi connectivity index (χ2n) is 13.4. The summed E-state index contributed by atoms with van der Waals surface area (Å²) in [5.74, 6) is 0. The number of hydrogen-bond acceptors (Lipinski definition) is 2. The van der Waals surface area contributed by atoms with Crippen LogP contribution >= 0.6 is 0 Å². The molecule has 0 N–H and O–H groups in total. The normalized spacial score (nSPS) is 11.5. The number of para-hydroxylation sites is 1. The summed E-state index contributed by atoms with van der Waals surface area (Å²) in [6.45, 7) is 0. The van der Waals surface area contributed by atoms with Crippen molar-refractivity contribution in [3.05, 3.63) is 200 Å². The minimum absolute atomic E-state index is 0.903. The van der Waals surface area contributed by atoms with E-state index in [4.69, 9.17) is 4.42 Å². The summed E-state index contributed by atoms with van der Waals surface area (Å²) in [7, 11) is 0. The first-order valence-corrected chi connectivity index (χ1v) is 17.7. The molecule has 0 unspecified atom stereocenters. The smallest absolute Gasteiger partial charge is 0.135 e. The maximum atomic E-state index is 6.15. The van der Waals surface area contributed by atoms with Crippen LogP contribution in [-0.4, -0.2) is 0 Å². The molecule has 0 aliphatic carbocycles. The average Bonchev–Trinajstić information content (AvgIpc) is 3.59. The van der Waals surface area contributed by atoms with Gasteiger partial charge in [0, 0.05) is 27.8 Å². The summed E-state index contributed by atoms with van der Waals surface area (Å²) in [6, 6.07) is 71.9. The first kappa shape index (κ1) is 30.0. The zero-order valence-electron chi connectivity index (χ0n) is 28.4. The molecule has 0 saturated carbocycles. The van der Waals surface area contributed by atoms with Crippen LogP contribution in [0.3, 0.4) is 0 Å². The van der Waals surface area contributed by atoms with Crippen LogP contribution in [0, 0.1) is 0 Å². The summed E-state index contributed by atoms with van der Waals surface area (Å²) in [6.07, 6.45) is 0. The van der Waals surface area contributed by atoms with Crippen LogP contribution in [0.2, 0.25) is 0 Å². The zero-order chi connectivity index (χ0) is 34.4. The van der Waals surface area contributed by atoms with Gasteiger partial charge in [-0.05, 0) is 122 Å². The molecule has 0 atom stereocenters. The molecule has 0 radical (unpaired) electrons. The Hall–Kier alpha value is -6.90. The number of fused-ring (bicyclic) bond motifs is 5. The van der Waals surface area contributed by atoms with Crippen molar-refractivity contribution >= 4 is 60.5 Å². The molecule has 0 fully saturated rings. The highest BCUT2D eigenvalue weighted by Crippen LogP contribution is 2.40. The van der Waals surface area contributed by atoms with Gasteiger partial charge in [-0.15, -0.1) is 0 Å². The van der Waals surface area contributed by atoms with E-state index in [1.54, 1.807) is 0 Å². The van der Waals surface area contributed by atoms with Gasteiger partial charge in [-0.2, -0.15) is 0 Å². The van der Waals surface area contributed by atoms with E-state index in [9.17, 15) is 0 Å². The molecule has 0 spiro atoms. The fourth-order valence-corrected chi connectivity index (χ4v) is 7.54. The Morgan fingerprint density at radius 2 is 0.750 bits per heavy atom. The lowest BCUT2D eigenvalue weighted by molar-refractivity contribution is 0.669. The molecule has 0 amide bonds. The van der Waals surface area contributed by atoms with Crippen molar-refractivity contribution < 1.29 is 4.42 Å². The lowest BCUT2D eigenvalue weighted by Crippen LogP contribution is -2.10. The van der Waals surface area contributed by atoms with Crippen molar-refractivity contribution in [3.63, 3.8) is 0 Å². The largest absolute Gasteiger partial charge is 0.456 e. The van der Waals surface area contributed by atoms with Crippen LogP contribution in [0.25, 0.3) is 76.9 Å². The molecule has 0 bridgehead atoms. The summed E-state index contributed by atoms with van der Waals surface area (Å²) in [5.41, 5.74) is 12.2. The van der Waals surface area contributed by atoms with Crippen molar-refractivity contribution in [2.75, 3.05) is 4.90 Å². The van der Waals surface area contributed by atoms with Gasteiger partial charge in [0.15, 0.2) is 0 Å². The van der Waals surface area contributed by atoms with Crippen LogP contribution < -0.4 is 4.90 Å². The van der Waals surface area contributed by atoms with E-state index < -0.39 is 0 Å². The molecule has 0 aliphatic heterocycles. The Bertz CT molecular complexity index is 2920. The number of anilines is 3. The standard InChI is InChI=1S/C50H33NO/c1-3-11-37-29-41(21-19-34(37)9-1)36-23-26-44(27-24-36)51(45-15-7-13-39(31-45)42-22-20-35-10-2-4-12-38(35)30-42)46-16-8-14-40(32-46)43-25-28-50-48(33-43)47-17-5-6-18-49(47)52-50/h1-33H. The molecule has 2 heteroatoms. The molecule has 0 aliphatic rings. The quantitative estimate of drug-likeness (QED) is 0.176. The second-order valence-corrected chi connectivity index (χ2v) is 13.4. The van der Waals surface area contributed by atoms with Crippen LogP contribution in [0.4, 0.5) is 17.1 Å². The molecule has 244 valence electrons. The fraction of sp³-hybridized carbons (Fsp3) is 0. The molecule has 9 aromatic carbocycles. The second kappa shape index (κ2) is 12.5. The van der Waals surface area contributed by atoms with Crippen LogP contribution in [0.1, 0.15) is 0 Å². The number of hydrogen-bond donors (Lipinski definition) is 0. The third kappa shape index (κ3) is 5.39. The zero-order valence-corrected chi connectivity index (χ0v) is 28.4. The third-order valence-electron chi connectivity index (χ3n) is 10.2. The van der Waals surface area contributed by atoms with Gasteiger partial charge in [0.25, 0.3) is 0 Å². The molecular formula is C50H33NO. The van der Waals surface area contributed by atoms with E-state index in [2.05, 4.69) is 193 Å². The maximum absolute atomic E-state index is 6.15. The van der Waals surface area contributed by atoms with Crippen LogP contribution in [0.5, 0.6) is 0 Å². The van der Waals surface area contributed by atoms with E-state index in [-0.39, 0.29) is 0 Å². The number of nitrogens with zero attached hydrogens (tertiary/aromatic N) is 1. The molecular weight excluding hydrogens is 631 g/mol. The summed E-state index contributed by atoms with van der Waals surface area (Å²) < 4.78 is 6.15. The molecule has 10 aromatic rings. The Balaban J connectivity index is 1.09.